The molecule has 1 rings (SSSR count). The number of rotatable bonds is 7. The maximum Gasteiger partial charge on any atom is 0.0593 e. The van der Waals surface area contributed by atoms with Crippen LogP contribution in [0.1, 0.15) is 46.5 Å². The summed E-state index contributed by atoms with van der Waals surface area (Å²) >= 11 is 0. The molecule has 0 saturated heterocycles. The maximum absolute atomic E-state index is 6.19. The zero-order chi connectivity index (χ0) is 13.6. The van der Waals surface area contributed by atoms with E-state index >= 15 is 0 Å². The summed E-state index contributed by atoms with van der Waals surface area (Å²) in [5, 5.41) is 0. The van der Waals surface area contributed by atoms with Gasteiger partial charge < -0.3 is 10.5 Å². The van der Waals surface area contributed by atoms with Gasteiger partial charge in [-0.3, -0.25) is 4.90 Å². The summed E-state index contributed by atoms with van der Waals surface area (Å²) in [6, 6.07) is 0. The molecule has 0 radical (unpaired) electrons. The van der Waals surface area contributed by atoms with Crippen LogP contribution in [-0.2, 0) is 4.74 Å². The number of hydrogen-bond donors (Lipinski definition) is 1. The first kappa shape index (κ1) is 15.9. The average Bonchev–Trinajstić information content (AvgIpc) is 2.38. The Bertz CT molecular complexity index is 233. The number of hydrogen-bond acceptors (Lipinski definition) is 3. The zero-order valence-corrected chi connectivity index (χ0v) is 12.7. The average molecular weight is 256 g/mol. The summed E-state index contributed by atoms with van der Waals surface area (Å²) in [7, 11) is 2.23. The Kier molecular flexibility index (Phi) is 6.61. The van der Waals surface area contributed by atoms with Crippen LogP contribution in [0.3, 0.4) is 0 Å². The molecule has 1 aliphatic carbocycles. The van der Waals surface area contributed by atoms with Gasteiger partial charge in [0.1, 0.15) is 0 Å². The molecule has 1 fully saturated rings. The fraction of sp³-hybridized carbons (Fsp3) is 1.00. The molecule has 1 saturated carbocycles. The molecule has 1 aliphatic rings. The molecule has 0 spiro atoms. The van der Waals surface area contributed by atoms with Crippen LogP contribution in [0, 0.1) is 11.8 Å². The first-order valence-corrected chi connectivity index (χ1v) is 7.57. The largest absolute Gasteiger partial charge is 0.380 e. The highest BCUT2D eigenvalue weighted by molar-refractivity contribution is 4.99. The third-order valence-corrected chi connectivity index (χ3v) is 4.76. The highest BCUT2D eigenvalue weighted by atomic mass is 16.5. The van der Waals surface area contributed by atoms with E-state index in [-0.39, 0.29) is 5.54 Å². The Labute approximate surface area is 113 Å². The van der Waals surface area contributed by atoms with Crippen molar-refractivity contribution in [3.63, 3.8) is 0 Å². The Balaban J connectivity index is 2.73. The van der Waals surface area contributed by atoms with E-state index in [0.29, 0.717) is 5.92 Å². The molecule has 108 valence electrons. The van der Waals surface area contributed by atoms with Crippen molar-refractivity contribution < 1.29 is 4.74 Å². The van der Waals surface area contributed by atoms with Crippen LogP contribution < -0.4 is 5.73 Å². The van der Waals surface area contributed by atoms with Gasteiger partial charge in [-0.15, -0.1) is 0 Å². The van der Waals surface area contributed by atoms with E-state index in [0.717, 1.165) is 32.2 Å². The molecule has 0 aromatic carbocycles. The van der Waals surface area contributed by atoms with Crippen molar-refractivity contribution in [3.8, 4) is 0 Å². The normalized spacial score (nSPS) is 29.2. The van der Waals surface area contributed by atoms with Crippen molar-refractivity contribution in [2.45, 2.75) is 52.0 Å². The fourth-order valence-electron chi connectivity index (χ4n) is 3.65. The lowest BCUT2D eigenvalue weighted by molar-refractivity contribution is -0.0123. The Hall–Kier alpha value is -0.120. The number of likely N-dealkylation sites (N-methyl/N-ethyl adjacent to an activating group) is 1. The molecular weight excluding hydrogens is 224 g/mol. The molecule has 2 N–H and O–H groups in total. The van der Waals surface area contributed by atoms with Gasteiger partial charge in [-0.25, -0.2) is 0 Å². The van der Waals surface area contributed by atoms with Crippen molar-refractivity contribution in [1.29, 1.82) is 0 Å². The highest BCUT2D eigenvalue weighted by Crippen LogP contribution is 2.41. The van der Waals surface area contributed by atoms with Gasteiger partial charge in [-0.2, -0.15) is 0 Å². The van der Waals surface area contributed by atoms with Gasteiger partial charge in [-0.05, 0) is 38.6 Å². The minimum absolute atomic E-state index is 0.198. The van der Waals surface area contributed by atoms with Gasteiger partial charge in [-0.1, -0.05) is 26.7 Å². The van der Waals surface area contributed by atoms with Crippen molar-refractivity contribution in [1.82, 2.24) is 4.90 Å². The summed E-state index contributed by atoms with van der Waals surface area (Å²) in [4.78, 5) is 2.48. The Morgan fingerprint density at radius 2 is 2.11 bits per heavy atom. The topological polar surface area (TPSA) is 38.5 Å². The van der Waals surface area contributed by atoms with Crippen molar-refractivity contribution >= 4 is 0 Å². The molecule has 0 aromatic rings. The molecule has 3 nitrogen and oxygen atoms in total. The predicted octanol–water partition coefficient (Wildman–Crippen LogP) is 2.50. The van der Waals surface area contributed by atoms with E-state index in [9.17, 15) is 0 Å². The van der Waals surface area contributed by atoms with Gasteiger partial charge in [0.05, 0.1) is 6.61 Å². The van der Waals surface area contributed by atoms with E-state index in [4.69, 9.17) is 10.5 Å². The molecule has 3 heteroatoms. The molecular formula is C15H32N2O. The molecule has 0 aliphatic heterocycles. The van der Waals surface area contributed by atoms with Crippen LogP contribution >= 0.6 is 0 Å². The lowest BCUT2D eigenvalue weighted by Gasteiger charge is -2.51. The predicted molar refractivity (Wildman–Crippen MR) is 77.7 cm³/mol. The van der Waals surface area contributed by atoms with Gasteiger partial charge in [0.25, 0.3) is 0 Å². The first-order chi connectivity index (χ1) is 8.58. The molecule has 18 heavy (non-hydrogen) atoms. The standard InChI is InChI=1S/C15H32N2O/c1-5-18-11-10-17(4)15(12-16)9-7-6-8-14(15)13(2)3/h13-14H,5-12,16H2,1-4H3. The van der Waals surface area contributed by atoms with Crippen molar-refractivity contribution in [3.05, 3.63) is 0 Å². The van der Waals surface area contributed by atoms with Crippen molar-refractivity contribution in [2.24, 2.45) is 17.6 Å². The third-order valence-electron chi connectivity index (χ3n) is 4.76. The number of nitrogens with two attached hydrogens (primary N) is 1. The zero-order valence-electron chi connectivity index (χ0n) is 12.7. The van der Waals surface area contributed by atoms with Gasteiger partial charge in [0.15, 0.2) is 0 Å². The summed E-state index contributed by atoms with van der Waals surface area (Å²) in [5.41, 5.74) is 6.39. The second-order valence-corrected chi connectivity index (χ2v) is 6.02. The minimum Gasteiger partial charge on any atom is -0.380 e. The first-order valence-electron chi connectivity index (χ1n) is 7.57. The van der Waals surface area contributed by atoms with E-state index in [1.807, 2.05) is 0 Å². The molecule has 0 bridgehead atoms. The van der Waals surface area contributed by atoms with Crippen LogP contribution in [0.15, 0.2) is 0 Å². The quantitative estimate of drug-likeness (QED) is 0.711. The summed E-state index contributed by atoms with van der Waals surface area (Å²) in [5.74, 6) is 1.44. The third kappa shape index (κ3) is 3.46. The van der Waals surface area contributed by atoms with Crippen LogP contribution in [0.5, 0.6) is 0 Å². The molecule has 2 unspecified atom stereocenters. The van der Waals surface area contributed by atoms with Crippen molar-refractivity contribution in [2.75, 3.05) is 33.4 Å². The monoisotopic (exact) mass is 256 g/mol. The fourth-order valence-corrected chi connectivity index (χ4v) is 3.65. The summed E-state index contributed by atoms with van der Waals surface area (Å²) in [6.07, 6.45) is 5.26. The second-order valence-electron chi connectivity index (χ2n) is 6.02. The Morgan fingerprint density at radius 3 is 2.67 bits per heavy atom. The van der Waals surface area contributed by atoms with E-state index < -0.39 is 0 Å². The molecule has 2 atom stereocenters. The highest BCUT2D eigenvalue weighted by Gasteiger charge is 2.43. The van der Waals surface area contributed by atoms with Crippen LogP contribution in [0.25, 0.3) is 0 Å². The van der Waals surface area contributed by atoms with Gasteiger partial charge in [0, 0.05) is 25.2 Å². The van der Waals surface area contributed by atoms with Crippen LogP contribution in [0.4, 0.5) is 0 Å². The number of ether oxygens (including phenoxy) is 1. The van der Waals surface area contributed by atoms with Gasteiger partial charge in [0.2, 0.25) is 0 Å². The lowest BCUT2D eigenvalue weighted by Crippen LogP contribution is -2.60. The molecule has 0 heterocycles. The summed E-state index contributed by atoms with van der Waals surface area (Å²) < 4.78 is 5.50. The SMILES string of the molecule is CCOCCN(C)C1(CN)CCCCC1C(C)C. The van der Waals surface area contributed by atoms with Gasteiger partial charge >= 0.3 is 0 Å². The van der Waals surface area contributed by atoms with Crippen LogP contribution in [0.2, 0.25) is 0 Å². The lowest BCUT2D eigenvalue weighted by atomic mass is 9.67. The molecule has 0 aromatic heterocycles. The molecule has 0 amide bonds. The smallest absolute Gasteiger partial charge is 0.0593 e. The van der Waals surface area contributed by atoms with E-state index in [1.165, 1.54) is 25.7 Å². The van der Waals surface area contributed by atoms with E-state index in [2.05, 4.69) is 32.7 Å². The Morgan fingerprint density at radius 1 is 1.39 bits per heavy atom. The summed E-state index contributed by atoms with van der Waals surface area (Å²) in [6.45, 7) is 10.1. The number of nitrogens with zero attached hydrogens (tertiary/aromatic N) is 1. The maximum atomic E-state index is 6.19. The van der Waals surface area contributed by atoms with E-state index in [1.54, 1.807) is 0 Å². The van der Waals surface area contributed by atoms with Crippen LogP contribution in [-0.4, -0.2) is 43.8 Å². The minimum atomic E-state index is 0.198. The second kappa shape index (κ2) is 7.46.